The topological polar surface area (TPSA) is 330 Å². The fourth-order valence-electron chi connectivity index (χ4n) is 8.16. The molecule has 0 aliphatic carbocycles. The highest BCUT2D eigenvalue weighted by molar-refractivity contribution is 9.11. The molecule has 9 rings (SSSR count). The van der Waals surface area contributed by atoms with Crippen molar-refractivity contribution in [2.75, 3.05) is 56.8 Å². The van der Waals surface area contributed by atoms with Crippen LogP contribution in [-0.2, 0) is 101 Å². The van der Waals surface area contributed by atoms with E-state index in [9.17, 15) is 42.5 Å². The minimum Gasteiger partial charge on any atom is -0.423 e. The Morgan fingerprint density at radius 3 is 1.19 bits per heavy atom. The number of halogens is 7. The van der Waals surface area contributed by atoms with Crippen LogP contribution in [0.1, 0.15) is 167 Å². The summed E-state index contributed by atoms with van der Waals surface area (Å²) < 4.78 is 158. The zero-order valence-electron chi connectivity index (χ0n) is 64.5. The standard InChI is InChI=1S/C12H24B2O4.C10H16BNO4S.C10H14BrNO2S.C8H10BrNO2S.C8H10BrNS.C7H8BrNO3S.C6H6BrNO.C4H8O.2CH3F.CH4/c1-9(2)10(3,4)16-13(15-9)14-17-11(5,6)12(7,8)18-14;1-4-17(15,16)10(2,3)8-5-9(11(13)14)7-12-6-8;1-4-15(13,14)10(2,3)8-5-9(11)7-12-6-8;1-2-13(11,12)6-7-3-8(9)5-10-4-7;1-2-11-6-7-3-8(9)5-10-4-7;1-13(10,11)12-5-6-2-7(8)4-9-3-6;7-6-1-5(4-9)2-8-3-6;1-2-4-5-3-1;2*1-2;/h1-8H3;5-7,13-14H,4H2,1-3H3;5-7H,4H2,1-3H3;3-5H,2,6H2,1H3;3-5H,2,6H2,1H3;2-4H,5H2,1H3;1-3,9H,4H2;1-4H2;2*1H3;1H4/i;;;;;;;;2*1D;. The Kier molecular flexibility index (Phi) is 47.3. The Hall–Kier alpha value is -2.86. The van der Waals surface area contributed by atoms with Gasteiger partial charge in [-0.3, -0.25) is 42.9 Å². The predicted molar refractivity (Wildman–Crippen MR) is 442 cm³/mol. The number of hydrogen-bond donors (Lipinski definition) is 3. The molecule has 3 saturated heterocycles. The van der Waals surface area contributed by atoms with Gasteiger partial charge in [-0.05, 0) is 245 Å². The third kappa shape index (κ3) is 37.6. The molecule has 0 aromatic carbocycles. The van der Waals surface area contributed by atoms with Gasteiger partial charge in [-0.2, -0.15) is 20.2 Å². The molecule has 0 radical (unpaired) electrons. The maximum atomic E-state index is 11.9. The van der Waals surface area contributed by atoms with E-state index in [1.54, 1.807) is 122 Å². The second kappa shape index (κ2) is 49.6. The Morgan fingerprint density at radius 2 is 0.868 bits per heavy atom. The fraction of sp³-hybridized carbons (Fsp3) is 0.559. The molecule has 0 bridgehead atoms. The van der Waals surface area contributed by atoms with E-state index in [2.05, 4.69) is 127 Å². The number of rotatable bonds is 18. The van der Waals surface area contributed by atoms with Crippen molar-refractivity contribution in [2.45, 2.75) is 188 Å². The number of nitrogens with zero attached hydrogens (tertiary/aromatic N) is 6. The van der Waals surface area contributed by atoms with E-state index >= 15 is 0 Å². The zero-order valence-corrected chi connectivity index (χ0v) is 74.5. The van der Waals surface area contributed by atoms with E-state index in [1.807, 2.05) is 79.4 Å². The molecule has 3 fully saturated rings. The van der Waals surface area contributed by atoms with E-state index < -0.39 is 84.6 Å². The Balaban J connectivity index is 0. The highest BCUT2D eigenvalue weighted by atomic mass is 79.9. The molecule has 0 unspecified atom stereocenters. The molecule has 598 valence electrons. The van der Waals surface area contributed by atoms with E-state index in [0.29, 0.717) is 16.7 Å². The number of ether oxygens (including phenoxy) is 1. The van der Waals surface area contributed by atoms with Crippen LogP contribution in [0.3, 0.4) is 0 Å². The lowest BCUT2D eigenvalue weighted by Gasteiger charge is -2.32. The summed E-state index contributed by atoms with van der Waals surface area (Å²) in [5.41, 5.74) is 3.43. The van der Waals surface area contributed by atoms with Crippen LogP contribution in [-0.4, -0.2) is 179 Å². The van der Waals surface area contributed by atoms with Gasteiger partial charge in [0.05, 0.1) is 74.2 Å². The molecule has 0 saturated carbocycles. The summed E-state index contributed by atoms with van der Waals surface area (Å²) in [4.78, 5) is 23.5. The SMILES string of the molecule is C.C1CCOC1.CC1(C)OB(B2OC(C)(C)C(C)(C)O2)OC1(C)C.CCS(=O)(=O)C(C)(C)c1cncc(B(O)O)c1.CCS(=O)(=O)C(C)(C)c1cncc(Br)c1.CCS(=O)(=O)Cc1cncc(Br)c1.CCSCc1cncc(Br)c1.CS(=O)(=O)OCc1cncc(Br)c1.OCc1cncc(Br)c1.[2H]CF.[2H]CF. The van der Waals surface area contributed by atoms with Gasteiger partial charge in [0.2, 0.25) is 0 Å². The number of sulfone groups is 3. The Labute approximate surface area is 680 Å². The normalized spacial score (nSPS) is 15.4. The molecular weight excluding hydrogens is 1800 g/mol. The maximum absolute atomic E-state index is 11.9. The molecule has 9 heterocycles. The summed E-state index contributed by atoms with van der Waals surface area (Å²) in [6.45, 7) is 31.9. The van der Waals surface area contributed by atoms with Crippen LogP contribution in [0, 0.1) is 0 Å². The number of aliphatic hydroxyl groups is 1. The van der Waals surface area contributed by atoms with Gasteiger partial charge < -0.3 is 38.5 Å². The smallest absolute Gasteiger partial charge is 0.423 e. The van der Waals surface area contributed by atoms with Gasteiger partial charge in [0.25, 0.3) is 10.1 Å². The van der Waals surface area contributed by atoms with Crippen LogP contribution in [0.5, 0.6) is 0 Å². The predicted octanol–water partition coefficient (Wildman–Crippen LogP) is 14.3. The first-order valence-corrected chi connectivity index (χ1v) is 44.4. The average Bonchev–Trinajstić information content (AvgIpc) is 1.55. The molecule has 0 atom stereocenters. The minimum absolute atomic E-state index is 0. The van der Waals surface area contributed by atoms with E-state index in [0.717, 1.165) is 64.5 Å². The summed E-state index contributed by atoms with van der Waals surface area (Å²) in [6.07, 6.45) is 22.9. The lowest BCUT2D eigenvalue weighted by Crippen LogP contribution is -2.41. The third-order valence-electron chi connectivity index (χ3n) is 16.0. The molecule has 3 aliphatic heterocycles. The van der Waals surface area contributed by atoms with Gasteiger partial charge in [0.15, 0.2) is 29.5 Å². The lowest BCUT2D eigenvalue weighted by molar-refractivity contribution is 0.00578. The number of pyridine rings is 6. The van der Waals surface area contributed by atoms with Gasteiger partial charge in [-0.1, -0.05) is 41.2 Å². The van der Waals surface area contributed by atoms with Crippen molar-refractivity contribution in [3.63, 3.8) is 0 Å². The van der Waals surface area contributed by atoms with Crippen molar-refractivity contribution in [1.82, 2.24) is 29.9 Å². The van der Waals surface area contributed by atoms with Gasteiger partial charge >= 0.3 is 21.1 Å². The summed E-state index contributed by atoms with van der Waals surface area (Å²) in [5, 5.41) is 26.7. The molecule has 0 amide bonds. The van der Waals surface area contributed by atoms with Crippen molar-refractivity contribution >= 4 is 158 Å². The molecule has 0 spiro atoms. The van der Waals surface area contributed by atoms with Crippen molar-refractivity contribution in [3.05, 3.63) is 167 Å². The summed E-state index contributed by atoms with van der Waals surface area (Å²) >= 11 is 18.3. The zero-order chi connectivity index (χ0) is 82.5. The quantitative estimate of drug-likeness (QED) is 0.0531. The van der Waals surface area contributed by atoms with Crippen LogP contribution < -0.4 is 5.46 Å². The van der Waals surface area contributed by atoms with Gasteiger partial charge in [0.1, 0.15) is 0 Å². The molecule has 3 aliphatic rings. The maximum Gasteiger partial charge on any atom is 0.490 e. The largest absolute Gasteiger partial charge is 0.490 e. The second-order valence-electron chi connectivity index (χ2n) is 25.7. The molecule has 106 heavy (non-hydrogen) atoms. The van der Waals surface area contributed by atoms with Crippen LogP contribution in [0.15, 0.2) is 133 Å². The fourth-order valence-corrected chi connectivity index (χ4v) is 14.4. The molecule has 6 aromatic rings. The Bertz CT molecular complexity index is 4000. The molecule has 38 heteroatoms. The van der Waals surface area contributed by atoms with Crippen molar-refractivity contribution in [1.29, 1.82) is 0 Å². The Morgan fingerprint density at radius 1 is 0.538 bits per heavy atom. The highest BCUT2D eigenvalue weighted by Gasteiger charge is 2.63. The van der Waals surface area contributed by atoms with Gasteiger partial charge in [0, 0.05) is 138 Å². The summed E-state index contributed by atoms with van der Waals surface area (Å²) in [6, 6.07) is 10.7. The van der Waals surface area contributed by atoms with E-state index in [1.165, 1.54) is 36.9 Å². The monoisotopic (exact) mass is 1910 g/mol. The lowest BCUT2D eigenvalue weighted by atomic mass is 9.49. The third-order valence-corrected chi connectivity index (χ3v) is 26.4. The molecule has 23 nitrogen and oxygen atoms in total. The van der Waals surface area contributed by atoms with Crippen molar-refractivity contribution in [3.8, 4) is 0 Å². The van der Waals surface area contributed by atoms with Gasteiger partial charge in [-0.25, -0.2) is 25.3 Å². The number of aromatic nitrogens is 6. The van der Waals surface area contributed by atoms with E-state index in [4.69, 9.17) is 41.3 Å². The van der Waals surface area contributed by atoms with Crippen molar-refractivity contribution < 1.29 is 87.9 Å². The second-order valence-corrected chi connectivity index (χ2v) is 41.2. The first-order valence-electron chi connectivity index (χ1n) is 33.8. The van der Waals surface area contributed by atoms with Crippen molar-refractivity contribution in [2.24, 2.45) is 0 Å². The summed E-state index contributed by atoms with van der Waals surface area (Å²) in [7, 11) is -17.4. The average molecular weight is 1910 g/mol. The van der Waals surface area contributed by atoms with E-state index in [-0.39, 0.29) is 71.5 Å². The number of alkyl halides is 2. The minimum atomic E-state index is -3.38. The van der Waals surface area contributed by atoms with Crippen LogP contribution in [0.2, 0.25) is 0 Å². The highest BCUT2D eigenvalue weighted by Crippen LogP contribution is 2.43. The first kappa shape index (κ1) is 101. The number of aliphatic hydroxyl groups excluding tert-OH is 1. The van der Waals surface area contributed by atoms with Crippen LogP contribution >= 0.6 is 91.4 Å². The first-order chi connectivity index (χ1) is 49.4. The van der Waals surface area contributed by atoms with Gasteiger partial charge in [-0.15, -0.1) is 0 Å². The molecular formula is C68H106B3Br5F2N6O17S5. The summed E-state index contributed by atoms with van der Waals surface area (Å²) in [5.74, 6) is 2.60. The molecule has 6 aromatic heterocycles. The molecule has 3 N–H and O–H groups in total. The van der Waals surface area contributed by atoms with Crippen LogP contribution in [0.25, 0.3) is 0 Å². The number of thioether (sulfide) groups is 1. The number of hydrogen-bond acceptors (Lipinski definition) is 24. The van der Waals surface area contributed by atoms with Crippen LogP contribution in [0.4, 0.5) is 8.78 Å².